The molecule has 188 valence electrons. The minimum atomic E-state index is -0.645. The van der Waals surface area contributed by atoms with Crippen molar-refractivity contribution in [3.8, 4) is 0 Å². The number of nitrogens with one attached hydrogen (secondary N) is 2. The van der Waals surface area contributed by atoms with Crippen LogP contribution in [0.1, 0.15) is 52.4 Å². The maximum atomic E-state index is 12.8. The molecule has 0 spiro atoms. The molecular weight excluding hydrogens is 440 g/mol. The van der Waals surface area contributed by atoms with Crippen LogP contribution >= 0.6 is 0 Å². The zero-order valence-electron chi connectivity index (χ0n) is 20.8. The van der Waals surface area contributed by atoms with Crippen LogP contribution in [0.4, 0.5) is 0 Å². The van der Waals surface area contributed by atoms with Crippen LogP contribution in [0.2, 0.25) is 0 Å². The summed E-state index contributed by atoms with van der Waals surface area (Å²) >= 11 is 0. The largest absolute Gasteiger partial charge is 0.507 e. The summed E-state index contributed by atoms with van der Waals surface area (Å²) in [6.45, 7) is 5.14. The van der Waals surface area contributed by atoms with Gasteiger partial charge in [-0.05, 0) is 91.6 Å². The van der Waals surface area contributed by atoms with Crippen LogP contribution < -0.4 is 10.6 Å². The first kappa shape index (κ1) is 24.1. The number of ketones is 1. The molecular formula is C29H38N2O4. The molecule has 0 aromatic carbocycles. The Bertz CT molecular complexity index is 1010. The number of hydrogen-bond donors (Lipinski definition) is 3. The number of fused-ring (bicyclic) bond motifs is 7. The average Bonchev–Trinajstić information content (AvgIpc) is 3.44. The standard InChI is InChI=1S/C29H38N2O4/c1-3-18-16(2)14-22-20(18)10-11-21-19-6-4-8-26(33)30-13-5-7-24-28(34)27(29(35)31-24)25(32)12-9-17(19)15-23(21)22/h4,8-12,16-24,32H,3,5-7,13-15H2,1-2H3,(H,30,33)(H,31,35)/b8-4+,12-9+,27-25-/t16-,17-,18-,19+,20+,21-,22+,23+,24+/m1/s1. The van der Waals surface area contributed by atoms with Crippen molar-refractivity contribution in [1.82, 2.24) is 10.6 Å². The average molecular weight is 479 g/mol. The maximum Gasteiger partial charge on any atom is 0.259 e. The monoisotopic (exact) mass is 478 g/mol. The van der Waals surface area contributed by atoms with Gasteiger partial charge < -0.3 is 15.7 Å². The molecule has 0 aromatic heterocycles. The fraction of sp³-hybridized carbons (Fsp3) is 0.621. The molecule has 5 rings (SSSR count). The molecule has 3 fully saturated rings. The molecule has 6 nitrogen and oxygen atoms in total. The van der Waals surface area contributed by atoms with E-state index in [0.717, 1.165) is 24.7 Å². The summed E-state index contributed by atoms with van der Waals surface area (Å²) in [5.74, 6) is 3.16. The number of hydrogen-bond acceptors (Lipinski definition) is 4. The lowest BCUT2D eigenvalue weighted by Gasteiger charge is -2.35. The van der Waals surface area contributed by atoms with Gasteiger partial charge in [0.1, 0.15) is 11.3 Å². The van der Waals surface area contributed by atoms with Crippen LogP contribution in [-0.4, -0.2) is 35.3 Å². The molecule has 2 heterocycles. The van der Waals surface area contributed by atoms with Crippen molar-refractivity contribution in [3.63, 3.8) is 0 Å². The van der Waals surface area contributed by atoms with E-state index < -0.39 is 11.9 Å². The smallest absolute Gasteiger partial charge is 0.259 e. The number of carbonyl (C=O) groups excluding carboxylic acids is 3. The minimum absolute atomic E-state index is 0.117. The third kappa shape index (κ3) is 4.41. The first-order chi connectivity index (χ1) is 16.9. The Balaban J connectivity index is 1.46. The summed E-state index contributed by atoms with van der Waals surface area (Å²) in [7, 11) is 0. The van der Waals surface area contributed by atoms with Gasteiger partial charge in [-0.2, -0.15) is 0 Å². The van der Waals surface area contributed by atoms with Crippen molar-refractivity contribution >= 4 is 17.6 Å². The van der Waals surface area contributed by atoms with Gasteiger partial charge in [-0.25, -0.2) is 0 Å². The van der Waals surface area contributed by atoms with Gasteiger partial charge in [-0.1, -0.05) is 44.6 Å². The predicted molar refractivity (Wildman–Crippen MR) is 134 cm³/mol. The van der Waals surface area contributed by atoms with Crippen molar-refractivity contribution in [2.24, 2.45) is 47.3 Å². The van der Waals surface area contributed by atoms with E-state index in [4.69, 9.17) is 0 Å². The number of amides is 2. The van der Waals surface area contributed by atoms with Gasteiger partial charge in [0.15, 0.2) is 5.78 Å². The fourth-order valence-electron chi connectivity index (χ4n) is 7.92. The summed E-state index contributed by atoms with van der Waals surface area (Å²) < 4.78 is 0. The Morgan fingerprint density at radius 3 is 2.57 bits per heavy atom. The molecule has 0 aromatic rings. The van der Waals surface area contributed by atoms with Crippen LogP contribution in [0.5, 0.6) is 0 Å². The second kappa shape index (κ2) is 9.79. The molecule has 1 saturated heterocycles. The van der Waals surface area contributed by atoms with Gasteiger partial charge >= 0.3 is 0 Å². The van der Waals surface area contributed by atoms with Gasteiger partial charge in [0, 0.05) is 6.54 Å². The highest BCUT2D eigenvalue weighted by Crippen LogP contribution is 2.59. The van der Waals surface area contributed by atoms with Crippen LogP contribution in [0.25, 0.3) is 0 Å². The molecule has 2 saturated carbocycles. The summed E-state index contributed by atoms with van der Waals surface area (Å²) in [6.07, 6.45) is 17.4. The van der Waals surface area contributed by atoms with Gasteiger partial charge in [-0.15, -0.1) is 0 Å². The van der Waals surface area contributed by atoms with Crippen molar-refractivity contribution < 1.29 is 19.5 Å². The summed E-state index contributed by atoms with van der Waals surface area (Å²) in [5, 5.41) is 16.3. The normalized spacial score (nSPS) is 45.3. The number of aliphatic hydroxyl groups is 1. The van der Waals surface area contributed by atoms with Crippen molar-refractivity contribution in [2.45, 2.75) is 58.4 Å². The number of Topliss-reactive ketones (excluding diaryl/α,β-unsaturated/α-hetero) is 1. The first-order valence-corrected chi connectivity index (χ1v) is 13.5. The molecule has 9 atom stereocenters. The SMILES string of the molecule is CC[C@H]1[C@@H]2C=C[C@@H]3[C@H]4C/C=C/C(=O)NCCC[C@@H]5NC(=O)/C(=C(O)/C=C/[C@@H]4C[C@@H]3[C@H]2C[C@H]1C)C5=O. The molecule has 6 heteroatoms. The molecule has 3 aliphatic carbocycles. The highest BCUT2D eigenvalue weighted by molar-refractivity contribution is 6.27. The molecule has 0 unspecified atom stereocenters. The Morgan fingerprint density at radius 2 is 1.77 bits per heavy atom. The first-order valence-electron chi connectivity index (χ1n) is 13.5. The van der Waals surface area contributed by atoms with Crippen LogP contribution in [0.15, 0.2) is 47.8 Å². The molecule has 2 bridgehead atoms. The zero-order chi connectivity index (χ0) is 24.7. The highest BCUT2D eigenvalue weighted by atomic mass is 16.3. The number of allylic oxidation sites excluding steroid dienone is 5. The molecule has 35 heavy (non-hydrogen) atoms. The summed E-state index contributed by atoms with van der Waals surface area (Å²) in [5.41, 5.74) is -0.135. The third-order valence-corrected chi connectivity index (χ3v) is 9.52. The van der Waals surface area contributed by atoms with Crippen molar-refractivity contribution in [2.75, 3.05) is 6.54 Å². The van der Waals surface area contributed by atoms with Crippen molar-refractivity contribution in [3.05, 3.63) is 47.8 Å². The van der Waals surface area contributed by atoms with Gasteiger partial charge in [0.2, 0.25) is 5.91 Å². The van der Waals surface area contributed by atoms with E-state index in [1.54, 1.807) is 12.2 Å². The van der Waals surface area contributed by atoms with E-state index in [9.17, 15) is 19.5 Å². The highest BCUT2D eigenvalue weighted by Gasteiger charge is 2.52. The number of rotatable bonds is 1. The fourth-order valence-corrected chi connectivity index (χ4v) is 7.92. The number of aliphatic hydroxyl groups excluding tert-OH is 1. The molecule has 3 N–H and O–H groups in total. The van der Waals surface area contributed by atoms with E-state index in [-0.39, 0.29) is 28.9 Å². The molecule has 2 aliphatic heterocycles. The van der Waals surface area contributed by atoms with E-state index in [2.05, 4.69) is 36.6 Å². The van der Waals surface area contributed by atoms with E-state index in [0.29, 0.717) is 49.0 Å². The topological polar surface area (TPSA) is 95.5 Å². The predicted octanol–water partition coefficient (Wildman–Crippen LogP) is 4.02. The summed E-state index contributed by atoms with van der Waals surface area (Å²) in [4.78, 5) is 37.6. The Kier molecular flexibility index (Phi) is 6.73. The zero-order valence-corrected chi connectivity index (χ0v) is 20.8. The van der Waals surface area contributed by atoms with Crippen LogP contribution in [-0.2, 0) is 14.4 Å². The third-order valence-electron chi connectivity index (χ3n) is 9.52. The second-order valence-electron chi connectivity index (χ2n) is 11.3. The Morgan fingerprint density at radius 1 is 1.00 bits per heavy atom. The molecule has 2 amide bonds. The van der Waals surface area contributed by atoms with Crippen molar-refractivity contribution in [1.29, 1.82) is 0 Å². The van der Waals surface area contributed by atoms with Gasteiger partial charge in [0.05, 0.1) is 6.04 Å². The number of carbonyl (C=O) groups is 3. The molecule has 5 aliphatic rings. The van der Waals surface area contributed by atoms with E-state index >= 15 is 0 Å². The summed E-state index contributed by atoms with van der Waals surface area (Å²) in [6, 6.07) is -0.645. The second-order valence-corrected chi connectivity index (χ2v) is 11.3. The van der Waals surface area contributed by atoms with Crippen LogP contribution in [0.3, 0.4) is 0 Å². The quantitative estimate of drug-likeness (QED) is 0.392. The van der Waals surface area contributed by atoms with Gasteiger partial charge in [0.25, 0.3) is 5.91 Å². The lowest BCUT2D eigenvalue weighted by atomic mass is 9.69. The lowest BCUT2D eigenvalue weighted by Crippen LogP contribution is -2.31. The molecule has 0 radical (unpaired) electrons. The lowest BCUT2D eigenvalue weighted by molar-refractivity contribution is -0.118. The Labute approximate surface area is 208 Å². The van der Waals surface area contributed by atoms with Crippen LogP contribution in [0, 0.1) is 47.3 Å². The minimum Gasteiger partial charge on any atom is -0.507 e. The van der Waals surface area contributed by atoms with E-state index in [1.165, 1.54) is 12.8 Å². The Hall–Kier alpha value is -2.63. The van der Waals surface area contributed by atoms with Gasteiger partial charge in [-0.3, -0.25) is 14.4 Å². The van der Waals surface area contributed by atoms with E-state index in [1.807, 2.05) is 12.2 Å². The maximum absolute atomic E-state index is 12.8.